The first-order valence-electron chi connectivity index (χ1n) is 18.9. The second-order valence-corrected chi connectivity index (χ2v) is 17.6. The number of hydrogen-bond acceptors (Lipinski definition) is 13. The zero-order valence-corrected chi connectivity index (χ0v) is 32.9. The van der Waals surface area contributed by atoms with Crippen LogP contribution in [0.1, 0.15) is 77.3 Å². The van der Waals surface area contributed by atoms with Crippen LogP contribution < -0.4 is 4.74 Å². The van der Waals surface area contributed by atoms with Gasteiger partial charge in [0, 0.05) is 30.8 Å². The topological polar surface area (TPSA) is 192 Å². The number of fused-ring (bicyclic) bond motifs is 2. The summed E-state index contributed by atoms with van der Waals surface area (Å²) in [6.07, 6.45) is -2.40. The molecule has 55 heavy (non-hydrogen) atoms. The number of carbonyl (C=O) groups is 2. The minimum absolute atomic E-state index is 0.0411. The highest BCUT2D eigenvalue weighted by Gasteiger charge is 2.58. The molecule has 6 N–H and O–H groups in total. The summed E-state index contributed by atoms with van der Waals surface area (Å²) in [6.45, 7) is 4.56. The summed E-state index contributed by atoms with van der Waals surface area (Å²) in [5.41, 5.74) is -0.377. The molecular weight excluding hydrogens is 749 g/mol. The van der Waals surface area contributed by atoms with E-state index in [-0.39, 0.29) is 76.1 Å². The Kier molecular flexibility index (Phi) is 13.7. The molecule has 0 amide bonds. The van der Waals surface area contributed by atoms with Gasteiger partial charge in [0.1, 0.15) is 41.4 Å². The van der Waals surface area contributed by atoms with Crippen LogP contribution in [0.4, 0.5) is 0 Å². The number of aromatic carboxylic acids is 1. The Balaban J connectivity index is 1.29. The summed E-state index contributed by atoms with van der Waals surface area (Å²) < 4.78 is 24.8. The highest BCUT2D eigenvalue weighted by Crippen LogP contribution is 2.51. The lowest BCUT2D eigenvalue weighted by molar-refractivity contribution is -0.322. The Hall–Kier alpha value is -2.92. The van der Waals surface area contributed by atoms with Gasteiger partial charge in [-0.3, -0.25) is 4.79 Å². The van der Waals surface area contributed by atoms with Gasteiger partial charge in [-0.25, -0.2) is 4.79 Å². The van der Waals surface area contributed by atoms with Crippen molar-refractivity contribution < 1.29 is 59.2 Å². The molecule has 8 atom stereocenters. The van der Waals surface area contributed by atoms with Gasteiger partial charge in [0.15, 0.2) is 5.78 Å². The normalized spacial score (nSPS) is 30.4. The number of aliphatic hydroxyl groups excluding tert-OH is 4. The predicted molar refractivity (Wildman–Crippen MR) is 210 cm³/mol. The Morgan fingerprint density at radius 1 is 1.05 bits per heavy atom. The number of aromatic hydroxyl groups is 1. The number of aryl methyl sites for hydroxylation is 2. The summed E-state index contributed by atoms with van der Waals surface area (Å²) in [6, 6.07) is 13.6. The van der Waals surface area contributed by atoms with Crippen molar-refractivity contribution in [3.63, 3.8) is 0 Å². The minimum Gasteiger partial charge on any atom is -0.506 e. The molecule has 3 saturated heterocycles. The maximum Gasteiger partial charge on any atom is 0.335 e. The third-order valence-electron chi connectivity index (χ3n) is 11.8. The maximum absolute atomic E-state index is 13.6. The Morgan fingerprint density at radius 3 is 2.56 bits per heavy atom. The third-order valence-corrected chi connectivity index (χ3v) is 14.0. The number of ketones is 1. The van der Waals surface area contributed by atoms with Gasteiger partial charge in [-0.2, -0.15) is 0 Å². The molecule has 14 heteroatoms. The fraction of sp³-hybridized carbons (Fsp3) is 0.561. The van der Waals surface area contributed by atoms with Crippen LogP contribution in [0.2, 0.25) is 0 Å². The zero-order chi connectivity index (χ0) is 39.3. The SMILES string of the molecule is Cc1cc2cc(C(=O)O)cc(OC3OC(CO)C4(CCC(C)C5CCOCC5(CCCO)CSSCO4)C(O)C3O)c2c(O)c1C(=O)CCc1ccccc1. The van der Waals surface area contributed by atoms with E-state index >= 15 is 0 Å². The van der Waals surface area contributed by atoms with Gasteiger partial charge in [-0.15, -0.1) is 0 Å². The van der Waals surface area contributed by atoms with Crippen molar-refractivity contribution in [2.24, 2.45) is 17.3 Å². The number of ether oxygens (including phenoxy) is 4. The molecule has 0 saturated carbocycles. The van der Waals surface area contributed by atoms with Gasteiger partial charge < -0.3 is 49.6 Å². The van der Waals surface area contributed by atoms with E-state index in [0.29, 0.717) is 38.0 Å². The number of phenolic OH excluding ortho intramolecular Hbond substituents is 1. The molecule has 300 valence electrons. The van der Waals surface area contributed by atoms with Crippen molar-refractivity contribution in [2.75, 3.05) is 38.1 Å². The lowest BCUT2D eigenvalue weighted by Crippen LogP contribution is -2.69. The largest absolute Gasteiger partial charge is 0.506 e. The van der Waals surface area contributed by atoms with Gasteiger partial charge in [0.25, 0.3) is 0 Å². The summed E-state index contributed by atoms with van der Waals surface area (Å²) in [7, 11) is 3.09. The number of benzene rings is 3. The Bertz CT molecular complexity index is 1810. The molecule has 3 aliphatic heterocycles. The molecule has 3 aromatic carbocycles. The van der Waals surface area contributed by atoms with Crippen molar-refractivity contribution >= 4 is 44.1 Å². The number of aliphatic hydroxyl groups is 4. The molecule has 8 unspecified atom stereocenters. The van der Waals surface area contributed by atoms with Crippen molar-refractivity contribution in [3.05, 3.63) is 70.8 Å². The van der Waals surface area contributed by atoms with E-state index in [9.17, 15) is 40.2 Å². The predicted octanol–water partition coefficient (Wildman–Crippen LogP) is 5.50. The summed E-state index contributed by atoms with van der Waals surface area (Å²) in [5.74, 6) is -0.852. The second kappa shape index (κ2) is 18.1. The van der Waals surface area contributed by atoms with Crippen LogP contribution >= 0.6 is 21.6 Å². The summed E-state index contributed by atoms with van der Waals surface area (Å²) >= 11 is 0. The van der Waals surface area contributed by atoms with E-state index in [1.165, 1.54) is 22.9 Å². The monoisotopic (exact) mass is 800 g/mol. The lowest BCUT2D eigenvalue weighted by Gasteiger charge is -2.51. The highest BCUT2D eigenvalue weighted by molar-refractivity contribution is 8.76. The van der Waals surface area contributed by atoms with E-state index in [1.807, 2.05) is 30.3 Å². The third kappa shape index (κ3) is 8.68. The Morgan fingerprint density at radius 2 is 1.84 bits per heavy atom. The number of carboxylic acid groups (broad SMARTS) is 1. The Labute approximate surface area is 328 Å². The highest BCUT2D eigenvalue weighted by atomic mass is 33.1. The molecule has 12 nitrogen and oxygen atoms in total. The molecule has 3 aliphatic rings. The van der Waals surface area contributed by atoms with Crippen LogP contribution in [0, 0.1) is 24.2 Å². The summed E-state index contributed by atoms with van der Waals surface area (Å²) in [5, 5.41) is 66.1. The fourth-order valence-corrected chi connectivity index (χ4v) is 11.3. The van der Waals surface area contributed by atoms with Crippen LogP contribution in [-0.2, 0) is 20.6 Å². The van der Waals surface area contributed by atoms with Gasteiger partial charge in [-0.1, -0.05) is 64.9 Å². The van der Waals surface area contributed by atoms with E-state index in [4.69, 9.17) is 18.9 Å². The van der Waals surface area contributed by atoms with Crippen LogP contribution in [0.25, 0.3) is 10.8 Å². The average molecular weight is 801 g/mol. The fourth-order valence-electron chi connectivity index (χ4n) is 8.86. The maximum atomic E-state index is 13.6. The first-order valence-corrected chi connectivity index (χ1v) is 21.4. The van der Waals surface area contributed by atoms with E-state index in [0.717, 1.165) is 24.2 Å². The van der Waals surface area contributed by atoms with Crippen LogP contribution in [0.5, 0.6) is 11.5 Å². The zero-order valence-electron chi connectivity index (χ0n) is 31.2. The lowest BCUT2D eigenvalue weighted by atomic mass is 9.64. The molecule has 0 radical (unpaired) electrons. The molecule has 3 heterocycles. The molecule has 1 spiro atoms. The number of carbonyl (C=O) groups excluding carboxylic acids is 1. The van der Waals surface area contributed by atoms with Gasteiger partial charge in [0.05, 0.1) is 29.7 Å². The van der Waals surface area contributed by atoms with Gasteiger partial charge in [0.2, 0.25) is 6.29 Å². The molecule has 0 bridgehead atoms. The van der Waals surface area contributed by atoms with Gasteiger partial charge in [-0.05, 0) is 85.9 Å². The van der Waals surface area contributed by atoms with Crippen molar-refractivity contribution in [1.29, 1.82) is 0 Å². The second-order valence-electron chi connectivity index (χ2n) is 15.2. The number of carboxylic acids is 1. The van der Waals surface area contributed by atoms with E-state index < -0.39 is 48.5 Å². The molecule has 6 rings (SSSR count). The van der Waals surface area contributed by atoms with Crippen LogP contribution in [-0.4, -0.2) is 111 Å². The molecule has 0 aliphatic carbocycles. The molecule has 3 fully saturated rings. The number of rotatable bonds is 11. The average Bonchev–Trinajstić information content (AvgIpc) is 3.20. The minimum atomic E-state index is -1.73. The number of Topliss-reactive ketones (excluding diaryl/α,β-unsaturated/α-hetero) is 1. The van der Waals surface area contributed by atoms with E-state index in [1.54, 1.807) is 23.8 Å². The molecule has 3 aromatic rings. The number of phenols is 1. The molecule has 0 aromatic heterocycles. The van der Waals surface area contributed by atoms with Crippen LogP contribution in [0.3, 0.4) is 0 Å². The van der Waals surface area contributed by atoms with Crippen molar-refractivity contribution in [2.45, 2.75) is 89.0 Å². The first kappa shape index (κ1) is 41.7. The van der Waals surface area contributed by atoms with Crippen LogP contribution in [0.15, 0.2) is 48.5 Å². The van der Waals surface area contributed by atoms with Crippen molar-refractivity contribution in [1.82, 2.24) is 0 Å². The summed E-state index contributed by atoms with van der Waals surface area (Å²) in [4.78, 5) is 25.8. The standard InChI is InChI=1S/C41H52O12S2/c1-24-11-14-41(51-23-55-54-22-40(13-6-15-42)21-50-16-12-29(24)40)32(20-43)53-39(36(46)37(41)47)52-31-19-28(38(48)49)18-27-17-25(2)33(35(45)34(27)31)30(44)10-9-26-7-4-3-5-8-26/h3-5,7-8,17-19,24,29,32,36-37,39,42-43,45-47H,6,9-16,20-23H2,1-2H3,(H,48,49). The van der Waals surface area contributed by atoms with E-state index in [2.05, 4.69) is 6.92 Å². The molecular formula is C41H52O12S2. The smallest absolute Gasteiger partial charge is 0.335 e. The first-order chi connectivity index (χ1) is 26.4. The number of hydrogen-bond donors (Lipinski definition) is 6. The van der Waals surface area contributed by atoms with Gasteiger partial charge >= 0.3 is 5.97 Å². The quantitative estimate of drug-likeness (QED) is 0.105. The van der Waals surface area contributed by atoms with Crippen molar-refractivity contribution in [3.8, 4) is 11.5 Å².